The second-order valence-corrected chi connectivity index (χ2v) is 5.29. The summed E-state index contributed by atoms with van der Waals surface area (Å²) in [5, 5.41) is 0. The molecule has 1 aromatic heterocycles. The van der Waals surface area contributed by atoms with Crippen molar-refractivity contribution in [1.29, 1.82) is 0 Å². The summed E-state index contributed by atoms with van der Waals surface area (Å²) in [5.41, 5.74) is 3.31. The molecule has 0 spiro atoms. The lowest BCUT2D eigenvalue weighted by atomic mass is 10.3. The molecule has 2 aromatic rings. The molecule has 0 bridgehead atoms. The first-order valence-electron chi connectivity index (χ1n) is 5.19. The van der Waals surface area contributed by atoms with E-state index in [9.17, 15) is 0 Å². The Bertz CT molecular complexity index is 549. The van der Waals surface area contributed by atoms with Crippen molar-refractivity contribution in [3.8, 4) is 5.75 Å². The Morgan fingerprint density at radius 2 is 2.06 bits per heavy atom. The quantitative estimate of drug-likeness (QED) is 0.637. The lowest BCUT2D eigenvalue weighted by molar-refractivity contribution is 0.299. The van der Waals surface area contributed by atoms with E-state index in [2.05, 4.69) is 42.3 Å². The molecule has 0 amide bonds. The van der Waals surface area contributed by atoms with E-state index in [4.69, 9.17) is 10.6 Å². The normalized spacial score (nSPS) is 10.2. The predicted octanol–water partition coefficient (Wildman–Crippen LogP) is 3.47. The van der Waals surface area contributed by atoms with Gasteiger partial charge in [0.15, 0.2) is 0 Å². The third kappa shape index (κ3) is 3.44. The number of anilines is 1. The average molecular weight is 373 g/mol. The number of nitrogens with two attached hydrogens (primary N) is 1. The number of pyridine rings is 1. The number of nitrogen functional groups attached to an aromatic ring is 1. The maximum absolute atomic E-state index is 5.68. The maximum atomic E-state index is 5.68. The van der Waals surface area contributed by atoms with E-state index < -0.39 is 0 Å². The van der Waals surface area contributed by atoms with Crippen LogP contribution in [-0.4, -0.2) is 4.98 Å². The highest BCUT2D eigenvalue weighted by atomic mass is 79.9. The summed E-state index contributed by atoms with van der Waals surface area (Å²) >= 11 is 6.83. The van der Waals surface area contributed by atoms with E-state index in [0.29, 0.717) is 12.4 Å². The van der Waals surface area contributed by atoms with Gasteiger partial charge in [-0.15, -0.1) is 0 Å². The molecule has 0 atom stereocenters. The molecule has 0 aliphatic carbocycles. The average Bonchev–Trinajstić information content (AvgIpc) is 2.38. The fourth-order valence-corrected chi connectivity index (χ4v) is 2.55. The largest absolute Gasteiger partial charge is 0.486 e. The number of nitrogens with zero attached hydrogens (tertiary/aromatic N) is 1. The van der Waals surface area contributed by atoms with Gasteiger partial charge in [-0.1, -0.05) is 22.0 Å². The van der Waals surface area contributed by atoms with Crippen molar-refractivity contribution in [2.75, 3.05) is 5.43 Å². The number of hydrazine groups is 1. The van der Waals surface area contributed by atoms with Crippen LogP contribution in [0.25, 0.3) is 0 Å². The van der Waals surface area contributed by atoms with Crippen LogP contribution in [0.3, 0.4) is 0 Å². The number of ether oxygens (including phenoxy) is 1. The Labute approximate surface area is 122 Å². The minimum atomic E-state index is 0.385. The minimum Gasteiger partial charge on any atom is -0.486 e. The van der Waals surface area contributed by atoms with Gasteiger partial charge in [0.1, 0.15) is 18.2 Å². The third-order valence-corrected chi connectivity index (χ3v) is 3.34. The highest BCUT2D eigenvalue weighted by molar-refractivity contribution is 9.11. The molecule has 1 heterocycles. The zero-order valence-corrected chi connectivity index (χ0v) is 12.5. The van der Waals surface area contributed by atoms with E-state index in [1.54, 1.807) is 6.07 Å². The molecule has 18 heavy (non-hydrogen) atoms. The molecule has 0 aliphatic heterocycles. The molecule has 0 unspecified atom stereocenters. The molecule has 1 aromatic carbocycles. The maximum Gasteiger partial charge on any atom is 0.140 e. The van der Waals surface area contributed by atoms with Gasteiger partial charge in [-0.05, 0) is 46.3 Å². The van der Waals surface area contributed by atoms with E-state index in [1.165, 1.54) is 0 Å². The van der Waals surface area contributed by atoms with Crippen molar-refractivity contribution in [2.24, 2.45) is 5.84 Å². The Kier molecular flexibility index (Phi) is 4.57. The van der Waals surface area contributed by atoms with Crippen molar-refractivity contribution in [1.82, 2.24) is 4.98 Å². The number of halogens is 2. The molecule has 0 saturated carbocycles. The molecular formula is C12H11Br2N3O. The van der Waals surface area contributed by atoms with E-state index in [-0.39, 0.29) is 0 Å². The van der Waals surface area contributed by atoms with Gasteiger partial charge in [0.05, 0.1) is 10.2 Å². The van der Waals surface area contributed by atoms with Gasteiger partial charge in [0, 0.05) is 4.47 Å². The molecule has 4 nitrogen and oxygen atoms in total. The summed E-state index contributed by atoms with van der Waals surface area (Å²) < 4.78 is 7.57. The minimum absolute atomic E-state index is 0.385. The number of benzene rings is 1. The number of nitrogens with one attached hydrogen (secondary N) is 1. The number of hydrogen-bond acceptors (Lipinski definition) is 4. The van der Waals surface area contributed by atoms with Crippen LogP contribution < -0.4 is 16.0 Å². The molecule has 0 saturated heterocycles. The Morgan fingerprint density at radius 3 is 2.78 bits per heavy atom. The lowest BCUT2D eigenvalue weighted by Crippen LogP contribution is -2.09. The first kappa shape index (κ1) is 13.3. The van der Waals surface area contributed by atoms with Gasteiger partial charge in [-0.25, -0.2) is 10.8 Å². The lowest BCUT2D eigenvalue weighted by Gasteiger charge is -2.08. The second-order valence-electron chi connectivity index (χ2n) is 3.52. The highest BCUT2D eigenvalue weighted by Crippen LogP contribution is 2.28. The highest BCUT2D eigenvalue weighted by Gasteiger charge is 2.03. The first-order chi connectivity index (χ1) is 8.69. The molecule has 0 fully saturated rings. The summed E-state index contributed by atoms with van der Waals surface area (Å²) in [5.74, 6) is 6.69. The predicted molar refractivity (Wildman–Crippen MR) is 78.2 cm³/mol. The van der Waals surface area contributed by atoms with Crippen LogP contribution in [0.1, 0.15) is 5.69 Å². The molecule has 94 valence electrons. The zero-order chi connectivity index (χ0) is 13.0. The third-order valence-electron chi connectivity index (χ3n) is 2.22. The summed E-state index contributed by atoms with van der Waals surface area (Å²) in [4.78, 5) is 4.27. The van der Waals surface area contributed by atoms with Crippen LogP contribution in [0.15, 0.2) is 45.3 Å². The van der Waals surface area contributed by atoms with Gasteiger partial charge >= 0.3 is 0 Å². The SMILES string of the molecule is NNc1cccc(COc2ccc(Br)cc2Br)n1. The first-order valence-corrected chi connectivity index (χ1v) is 6.78. The Hall–Kier alpha value is -1.11. The fourth-order valence-electron chi connectivity index (χ4n) is 1.38. The van der Waals surface area contributed by atoms with Gasteiger partial charge < -0.3 is 10.2 Å². The van der Waals surface area contributed by atoms with Crippen LogP contribution in [0.5, 0.6) is 5.75 Å². The number of rotatable bonds is 4. The van der Waals surface area contributed by atoms with Crippen LogP contribution >= 0.6 is 31.9 Å². The van der Waals surface area contributed by atoms with Crippen molar-refractivity contribution in [2.45, 2.75) is 6.61 Å². The Morgan fingerprint density at radius 1 is 1.22 bits per heavy atom. The van der Waals surface area contributed by atoms with Crippen molar-refractivity contribution < 1.29 is 4.74 Å². The second kappa shape index (κ2) is 6.17. The van der Waals surface area contributed by atoms with E-state index in [1.807, 2.05) is 30.3 Å². The van der Waals surface area contributed by atoms with Gasteiger partial charge in [0.25, 0.3) is 0 Å². The van der Waals surface area contributed by atoms with Crippen LogP contribution in [0.2, 0.25) is 0 Å². The molecule has 0 radical (unpaired) electrons. The standard InChI is InChI=1S/C12H11Br2N3O/c13-8-4-5-11(10(14)6-8)18-7-9-2-1-3-12(16-9)17-15/h1-6H,7,15H2,(H,16,17). The van der Waals surface area contributed by atoms with Crippen LogP contribution in [0.4, 0.5) is 5.82 Å². The van der Waals surface area contributed by atoms with Crippen molar-refractivity contribution in [3.05, 3.63) is 51.0 Å². The summed E-state index contributed by atoms with van der Waals surface area (Å²) in [6.07, 6.45) is 0. The molecule has 2 rings (SSSR count). The monoisotopic (exact) mass is 371 g/mol. The molecule has 6 heteroatoms. The molecule has 3 N–H and O–H groups in total. The van der Waals surface area contributed by atoms with Crippen molar-refractivity contribution >= 4 is 37.7 Å². The smallest absolute Gasteiger partial charge is 0.140 e. The van der Waals surface area contributed by atoms with Gasteiger partial charge in [-0.2, -0.15) is 0 Å². The summed E-state index contributed by atoms with van der Waals surface area (Å²) in [6.45, 7) is 0.385. The summed E-state index contributed by atoms with van der Waals surface area (Å²) in [6, 6.07) is 11.3. The Balaban J connectivity index is 2.06. The number of hydrogen-bond donors (Lipinski definition) is 2. The zero-order valence-electron chi connectivity index (χ0n) is 9.36. The van der Waals surface area contributed by atoms with Gasteiger partial charge in [0.2, 0.25) is 0 Å². The van der Waals surface area contributed by atoms with Crippen molar-refractivity contribution in [3.63, 3.8) is 0 Å². The fraction of sp³-hybridized carbons (Fsp3) is 0.0833. The molecule has 0 aliphatic rings. The van der Waals surface area contributed by atoms with Crippen LogP contribution in [-0.2, 0) is 6.61 Å². The topological polar surface area (TPSA) is 60.2 Å². The van der Waals surface area contributed by atoms with Crippen LogP contribution in [0, 0.1) is 0 Å². The van der Waals surface area contributed by atoms with Gasteiger partial charge in [-0.3, -0.25) is 0 Å². The summed E-state index contributed by atoms with van der Waals surface area (Å²) in [7, 11) is 0. The van der Waals surface area contributed by atoms with E-state index in [0.717, 1.165) is 20.4 Å². The molecular weight excluding hydrogens is 362 g/mol. The number of aromatic nitrogens is 1. The van der Waals surface area contributed by atoms with E-state index >= 15 is 0 Å².